The van der Waals surface area contributed by atoms with Gasteiger partial charge in [-0.1, -0.05) is 48.7 Å². The normalized spacial score (nSPS) is 14.3. The number of carbonyl (C=O) groups excluding carboxylic acids is 1. The highest BCUT2D eigenvalue weighted by Gasteiger charge is 2.19. The van der Waals surface area contributed by atoms with E-state index in [0.29, 0.717) is 23.7 Å². The molecule has 1 aliphatic rings. The van der Waals surface area contributed by atoms with Crippen molar-refractivity contribution in [2.45, 2.75) is 45.3 Å². The summed E-state index contributed by atoms with van der Waals surface area (Å²) in [5, 5.41) is 12.4. The molecule has 0 aliphatic heterocycles. The van der Waals surface area contributed by atoms with E-state index in [-0.39, 0.29) is 17.5 Å². The smallest absolute Gasteiger partial charge is 0.262 e. The Bertz CT molecular complexity index is 937. The first kappa shape index (κ1) is 20.5. The fourth-order valence-electron chi connectivity index (χ4n) is 3.50. The third-order valence-electron chi connectivity index (χ3n) is 5.03. The third-order valence-corrected chi connectivity index (χ3v) is 5.03. The zero-order chi connectivity index (χ0) is 20.6. The molecule has 1 aliphatic carbocycles. The number of aryl methyl sites for hydroxylation is 1. The van der Waals surface area contributed by atoms with Crippen LogP contribution >= 0.6 is 0 Å². The van der Waals surface area contributed by atoms with E-state index in [4.69, 9.17) is 9.47 Å². The van der Waals surface area contributed by atoms with Crippen LogP contribution in [0.2, 0.25) is 0 Å². The maximum atomic E-state index is 12.4. The number of nitriles is 1. The standard InChI is InChI=1S/C24H26N2O3/c1-17-6-5-7-19(12-17)16-29-22-11-10-18(14-23(22)28-2)13-20(15-25)24(27)26-21-8-3-4-9-21/h5-7,10-14,21H,3-4,8-9,16H2,1-2H3,(H,26,27)/b20-13+. The molecule has 0 radical (unpaired) electrons. The van der Waals surface area contributed by atoms with Crippen molar-refractivity contribution in [2.75, 3.05) is 7.11 Å². The van der Waals surface area contributed by atoms with Crippen molar-refractivity contribution in [3.8, 4) is 17.6 Å². The van der Waals surface area contributed by atoms with Crippen LogP contribution in [0.25, 0.3) is 6.08 Å². The van der Waals surface area contributed by atoms with E-state index in [1.165, 1.54) is 5.56 Å². The summed E-state index contributed by atoms with van der Waals surface area (Å²) in [5.41, 5.74) is 3.06. The Hall–Kier alpha value is -3.26. The molecule has 5 heteroatoms. The first-order valence-electron chi connectivity index (χ1n) is 9.88. The number of rotatable bonds is 7. The van der Waals surface area contributed by atoms with Gasteiger partial charge in [0.25, 0.3) is 5.91 Å². The number of benzene rings is 2. The van der Waals surface area contributed by atoms with E-state index >= 15 is 0 Å². The molecule has 0 bridgehead atoms. The molecule has 0 saturated heterocycles. The molecule has 0 aromatic heterocycles. The first-order chi connectivity index (χ1) is 14.1. The van der Waals surface area contributed by atoms with Gasteiger partial charge in [-0.25, -0.2) is 0 Å². The van der Waals surface area contributed by atoms with Gasteiger partial charge >= 0.3 is 0 Å². The minimum Gasteiger partial charge on any atom is -0.493 e. The van der Waals surface area contributed by atoms with Crippen molar-refractivity contribution >= 4 is 12.0 Å². The average Bonchev–Trinajstić information content (AvgIpc) is 3.23. The molecule has 3 rings (SSSR count). The largest absolute Gasteiger partial charge is 0.493 e. The van der Waals surface area contributed by atoms with Crippen molar-refractivity contribution in [1.29, 1.82) is 5.26 Å². The fraction of sp³-hybridized carbons (Fsp3) is 0.333. The molecule has 1 amide bonds. The molecular formula is C24H26N2O3. The van der Waals surface area contributed by atoms with Gasteiger partial charge in [-0.3, -0.25) is 4.79 Å². The van der Waals surface area contributed by atoms with Crippen LogP contribution in [-0.2, 0) is 11.4 Å². The van der Waals surface area contributed by atoms with E-state index in [2.05, 4.69) is 11.4 Å². The van der Waals surface area contributed by atoms with E-state index in [1.54, 1.807) is 25.3 Å². The lowest BCUT2D eigenvalue weighted by atomic mass is 10.1. The van der Waals surface area contributed by atoms with Crippen LogP contribution in [0.4, 0.5) is 0 Å². The zero-order valence-electron chi connectivity index (χ0n) is 16.9. The molecule has 0 heterocycles. The van der Waals surface area contributed by atoms with Crippen LogP contribution in [0.1, 0.15) is 42.4 Å². The van der Waals surface area contributed by atoms with Crippen molar-refractivity contribution in [3.63, 3.8) is 0 Å². The average molecular weight is 390 g/mol. The van der Waals surface area contributed by atoms with Crippen LogP contribution in [0.15, 0.2) is 48.0 Å². The Morgan fingerprint density at radius 2 is 2.00 bits per heavy atom. The van der Waals surface area contributed by atoms with E-state index in [9.17, 15) is 10.1 Å². The summed E-state index contributed by atoms with van der Waals surface area (Å²) in [6.07, 6.45) is 5.78. The summed E-state index contributed by atoms with van der Waals surface area (Å²) in [7, 11) is 1.57. The SMILES string of the molecule is COc1cc(/C=C(\C#N)C(=O)NC2CCCC2)ccc1OCc1cccc(C)c1. The Morgan fingerprint density at radius 1 is 1.21 bits per heavy atom. The van der Waals surface area contributed by atoms with E-state index in [1.807, 2.05) is 37.3 Å². The predicted octanol–water partition coefficient (Wildman–Crippen LogP) is 4.55. The molecule has 0 atom stereocenters. The summed E-state index contributed by atoms with van der Waals surface area (Å²) < 4.78 is 11.3. The number of ether oxygens (including phenoxy) is 2. The number of hydrogen-bond acceptors (Lipinski definition) is 4. The lowest BCUT2D eigenvalue weighted by Gasteiger charge is -2.13. The van der Waals surface area contributed by atoms with Crippen LogP contribution in [0.5, 0.6) is 11.5 Å². The molecule has 1 saturated carbocycles. The minimum atomic E-state index is -0.321. The maximum Gasteiger partial charge on any atom is 0.262 e. The van der Waals surface area contributed by atoms with E-state index < -0.39 is 0 Å². The quantitative estimate of drug-likeness (QED) is 0.556. The Kier molecular flexibility index (Phi) is 6.91. The number of nitrogens with one attached hydrogen (secondary N) is 1. The molecule has 0 spiro atoms. The maximum absolute atomic E-state index is 12.4. The monoisotopic (exact) mass is 390 g/mol. The predicted molar refractivity (Wildman–Crippen MR) is 112 cm³/mol. The van der Waals surface area contributed by atoms with Crippen LogP contribution in [0, 0.1) is 18.3 Å². The van der Waals surface area contributed by atoms with Gasteiger partial charge in [-0.05, 0) is 49.1 Å². The second-order valence-electron chi connectivity index (χ2n) is 7.31. The van der Waals surface area contributed by atoms with Gasteiger partial charge < -0.3 is 14.8 Å². The summed E-state index contributed by atoms with van der Waals surface area (Å²) in [6.45, 7) is 2.47. The van der Waals surface area contributed by atoms with E-state index in [0.717, 1.165) is 31.2 Å². The number of methoxy groups -OCH3 is 1. The first-order valence-corrected chi connectivity index (χ1v) is 9.88. The topological polar surface area (TPSA) is 71.3 Å². The minimum absolute atomic E-state index is 0.0902. The molecule has 0 unspecified atom stereocenters. The molecule has 29 heavy (non-hydrogen) atoms. The summed E-state index contributed by atoms with van der Waals surface area (Å²) >= 11 is 0. The van der Waals surface area contributed by atoms with Crippen molar-refractivity contribution in [2.24, 2.45) is 0 Å². The van der Waals surface area contributed by atoms with Crippen molar-refractivity contribution < 1.29 is 14.3 Å². The van der Waals surface area contributed by atoms with Crippen LogP contribution in [0.3, 0.4) is 0 Å². The molecule has 150 valence electrons. The molecule has 2 aromatic rings. The van der Waals surface area contributed by atoms with Crippen LogP contribution in [-0.4, -0.2) is 19.1 Å². The highest BCUT2D eigenvalue weighted by molar-refractivity contribution is 6.01. The van der Waals surface area contributed by atoms with Gasteiger partial charge in [0.05, 0.1) is 7.11 Å². The number of nitrogens with zero attached hydrogens (tertiary/aromatic N) is 1. The second-order valence-corrected chi connectivity index (χ2v) is 7.31. The number of carbonyl (C=O) groups is 1. The Balaban J connectivity index is 1.71. The highest BCUT2D eigenvalue weighted by atomic mass is 16.5. The third kappa shape index (κ3) is 5.61. The van der Waals surface area contributed by atoms with Crippen LogP contribution < -0.4 is 14.8 Å². The number of amides is 1. The van der Waals surface area contributed by atoms with Gasteiger partial charge in [0, 0.05) is 6.04 Å². The molecular weight excluding hydrogens is 364 g/mol. The van der Waals surface area contributed by atoms with Gasteiger partial charge in [0.2, 0.25) is 0 Å². The summed E-state index contributed by atoms with van der Waals surface area (Å²) in [5.74, 6) is 0.845. The Labute approximate surface area is 172 Å². The summed E-state index contributed by atoms with van der Waals surface area (Å²) in [6, 6.07) is 15.7. The summed E-state index contributed by atoms with van der Waals surface area (Å²) in [4.78, 5) is 12.4. The van der Waals surface area contributed by atoms with Crippen molar-refractivity contribution in [1.82, 2.24) is 5.32 Å². The molecule has 5 nitrogen and oxygen atoms in total. The Morgan fingerprint density at radius 3 is 2.69 bits per heavy atom. The van der Waals surface area contributed by atoms with Gasteiger partial charge in [-0.15, -0.1) is 0 Å². The molecule has 1 N–H and O–H groups in total. The van der Waals surface area contributed by atoms with Crippen molar-refractivity contribution in [3.05, 3.63) is 64.7 Å². The lowest BCUT2D eigenvalue weighted by Crippen LogP contribution is -2.33. The van der Waals surface area contributed by atoms with Gasteiger partial charge in [-0.2, -0.15) is 5.26 Å². The molecule has 2 aromatic carbocycles. The molecule has 1 fully saturated rings. The zero-order valence-corrected chi connectivity index (χ0v) is 16.9. The number of hydrogen-bond donors (Lipinski definition) is 1. The lowest BCUT2D eigenvalue weighted by molar-refractivity contribution is -0.117. The fourth-order valence-corrected chi connectivity index (χ4v) is 3.50. The van der Waals surface area contributed by atoms with Gasteiger partial charge in [0.1, 0.15) is 18.2 Å². The second kappa shape index (κ2) is 9.79. The highest BCUT2D eigenvalue weighted by Crippen LogP contribution is 2.30. The van der Waals surface area contributed by atoms with Gasteiger partial charge in [0.15, 0.2) is 11.5 Å².